The van der Waals surface area contributed by atoms with Crippen LogP contribution in [0.1, 0.15) is 5.76 Å². The van der Waals surface area contributed by atoms with Gasteiger partial charge in [-0.15, -0.1) is 10.2 Å². The topological polar surface area (TPSA) is 94.3 Å². The summed E-state index contributed by atoms with van der Waals surface area (Å²) < 4.78 is 6.85. The van der Waals surface area contributed by atoms with Crippen molar-refractivity contribution in [2.24, 2.45) is 5.10 Å². The van der Waals surface area contributed by atoms with Crippen molar-refractivity contribution in [1.82, 2.24) is 14.9 Å². The van der Waals surface area contributed by atoms with Crippen molar-refractivity contribution in [2.45, 2.75) is 0 Å². The first-order chi connectivity index (χ1) is 10.6. The van der Waals surface area contributed by atoms with Gasteiger partial charge in [0.2, 0.25) is 0 Å². The molecule has 0 aliphatic heterocycles. The summed E-state index contributed by atoms with van der Waals surface area (Å²) in [6.07, 6.45) is 2.83. The molecule has 0 atom stereocenters. The fourth-order valence-corrected chi connectivity index (χ4v) is 2.11. The number of halogens is 2. The molecule has 0 unspecified atom stereocenters. The smallest absolute Gasteiger partial charge is 0.263 e. The molecule has 0 bridgehead atoms. The first-order valence-corrected chi connectivity index (χ1v) is 6.88. The van der Waals surface area contributed by atoms with E-state index in [1.165, 1.54) is 17.2 Å². The Hall–Kier alpha value is -2.51. The first-order valence-electron chi connectivity index (χ1n) is 6.13. The number of benzene rings is 1. The van der Waals surface area contributed by atoms with E-state index in [4.69, 9.17) is 33.5 Å². The van der Waals surface area contributed by atoms with E-state index in [0.717, 1.165) is 0 Å². The lowest BCUT2D eigenvalue weighted by Crippen LogP contribution is -2.10. The third-order valence-electron chi connectivity index (χ3n) is 2.75. The van der Waals surface area contributed by atoms with Gasteiger partial charge in [-0.05, 0) is 30.3 Å². The molecule has 0 radical (unpaired) electrons. The van der Waals surface area contributed by atoms with Gasteiger partial charge in [0.25, 0.3) is 5.95 Å². The second-order valence-electron chi connectivity index (χ2n) is 4.26. The third kappa shape index (κ3) is 3.05. The summed E-state index contributed by atoms with van der Waals surface area (Å²) in [5.74, 6) is 6.96. The van der Waals surface area contributed by atoms with Crippen LogP contribution < -0.4 is 11.3 Å². The van der Waals surface area contributed by atoms with E-state index in [0.29, 0.717) is 33.1 Å². The molecule has 1 aromatic carbocycles. The quantitative estimate of drug-likeness (QED) is 0.434. The van der Waals surface area contributed by atoms with Crippen molar-refractivity contribution in [1.29, 1.82) is 0 Å². The molecule has 2 heterocycles. The largest absolute Gasteiger partial charge is 0.455 e. The molecule has 22 heavy (non-hydrogen) atoms. The monoisotopic (exact) mass is 336 g/mol. The first kappa shape index (κ1) is 14.4. The van der Waals surface area contributed by atoms with Gasteiger partial charge in [-0.3, -0.25) is 0 Å². The minimum absolute atomic E-state index is 0.306. The number of anilines is 1. The Morgan fingerprint density at radius 1 is 1.27 bits per heavy atom. The van der Waals surface area contributed by atoms with Crippen LogP contribution in [0.3, 0.4) is 0 Å². The number of hydrogen-bond donors (Lipinski definition) is 2. The number of hydrazone groups is 1. The number of nitrogens with one attached hydrogen (secondary N) is 1. The maximum absolute atomic E-state index is 6.13. The maximum Gasteiger partial charge on any atom is 0.263 e. The number of hydrogen-bond acceptors (Lipinski definition) is 6. The summed E-state index contributed by atoms with van der Waals surface area (Å²) in [4.78, 5) is 0. The van der Waals surface area contributed by atoms with E-state index < -0.39 is 0 Å². The highest BCUT2D eigenvalue weighted by Crippen LogP contribution is 2.31. The van der Waals surface area contributed by atoms with Gasteiger partial charge in [-0.25, -0.2) is 10.1 Å². The lowest BCUT2D eigenvalue weighted by Gasteiger charge is -2.01. The lowest BCUT2D eigenvalue weighted by molar-refractivity contribution is 0.575. The summed E-state index contributed by atoms with van der Waals surface area (Å²) in [5.41, 5.74) is 3.35. The normalized spacial score (nSPS) is 11.2. The fraction of sp³-hybridized carbons (Fsp3) is 0. The van der Waals surface area contributed by atoms with Crippen molar-refractivity contribution in [3.8, 4) is 11.3 Å². The van der Waals surface area contributed by atoms with Gasteiger partial charge in [0.15, 0.2) is 0 Å². The van der Waals surface area contributed by atoms with Gasteiger partial charge in [-0.1, -0.05) is 23.2 Å². The van der Waals surface area contributed by atoms with Crippen LogP contribution in [-0.2, 0) is 0 Å². The number of aromatic nitrogens is 3. The van der Waals surface area contributed by atoms with Crippen LogP contribution in [0, 0.1) is 0 Å². The van der Waals surface area contributed by atoms with Crippen LogP contribution in [0.25, 0.3) is 11.3 Å². The van der Waals surface area contributed by atoms with E-state index >= 15 is 0 Å². The Labute approximate surface area is 135 Å². The van der Waals surface area contributed by atoms with E-state index in [9.17, 15) is 0 Å². The van der Waals surface area contributed by atoms with Crippen LogP contribution in [0.2, 0.25) is 10.0 Å². The SMILES string of the molecule is Nn1cnnc1N/N=C\c1ccc(-c2cc(Cl)ccc2Cl)o1. The van der Waals surface area contributed by atoms with Gasteiger partial charge in [0.1, 0.15) is 17.8 Å². The summed E-state index contributed by atoms with van der Waals surface area (Å²) in [6.45, 7) is 0. The van der Waals surface area contributed by atoms with Crippen molar-refractivity contribution >= 4 is 35.4 Å². The van der Waals surface area contributed by atoms with Gasteiger partial charge in [0.05, 0.1) is 11.2 Å². The molecule has 3 rings (SSSR count). The standard InChI is InChI=1S/C13H10Cl2N6O/c14-8-1-3-11(15)10(5-8)12-4-2-9(22-12)6-17-19-13-20-18-7-21(13)16/h1-7H,16H2,(H,19,20)/b17-6-. The highest BCUT2D eigenvalue weighted by molar-refractivity contribution is 6.35. The van der Waals surface area contributed by atoms with Gasteiger partial charge < -0.3 is 10.3 Å². The Balaban J connectivity index is 1.76. The predicted octanol–water partition coefficient (Wildman–Crippen LogP) is 3.00. The molecule has 0 spiro atoms. The van der Waals surface area contributed by atoms with Gasteiger partial charge in [0, 0.05) is 10.6 Å². The zero-order valence-electron chi connectivity index (χ0n) is 11.1. The summed E-state index contributed by atoms with van der Waals surface area (Å²) in [5, 5.41) is 12.4. The van der Waals surface area contributed by atoms with Crippen molar-refractivity contribution in [3.05, 3.63) is 52.5 Å². The number of furan rings is 1. The van der Waals surface area contributed by atoms with Crippen molar-refractivity contribution in [2.75, 3.05) is 11.3 Å². The Morgan fingerprint density at radius 3 is 2.91 bits per heavy atom. The second kappa shape index (κ2) is 6.08. The average Bonchev–Trinajstić information content (AvgIpc) is 3.12. The van der Waals surface area contributed by atoms with Crippen LogP contribution in [0.4, 0.5) is 5.95 Å². The van der Waals surface area contributed by atoms with Gasteiger partial charge in [-0.2, -0.15) is 5.10 Å². The van der Waals surface area contributed by atoms with Crippen molar-refractivity contribution < 1.29 is 4.42 Å². The molecule has 0 saturated heterocycles. The fourth-order valence-electron chi connectivity index (χ4n) is 1.73. The zero-order chi connectivity index (χ0) is 15.5. The Morgan fingerprint density at radius 2 is 2.14 bits per heavy atom. The van der Waals surface area contributed by atoms with Crippen LogP contribution >= 0.6 is 23.2 Å². The molecule has 0 aliphatic rings. The number of nitrogens with two attached hydrogens (primary N) is 1. The number of nitrogen functional groups attached to an aromatic ring is 1. The Kier molecular flexibility index (Phi) is 3.99. The molecule has 9 heteroatoms. The maximum atomic E-state index is 6.13. The van der Waals surface area contributed by atoms with Crippen LogP contribution in [0.5, 0.6) is 0 Å². The molecule has 0 saturated carbocycles. The highest BCUT2D eigenvalue weighted by atomic mass is 35.5. The second-order valence-corrected chi connectivity index (χ2v) is 5.10. The average molecular weight is 337 g/mol. The van der Waals surface area contributed by atoms with E-state index in [1.54, 1.807) is 30.3 Å². The van der Waals surface area contributed by atoms with E-state index in [2.05, 4.69) is 20.7 Å². The van der Waals surface area contributed by atoms with Crippen LogP contribution in [0.15, 0.2) is 46.2 Å². The molecule has 7 nitrogen and oxygen atoms in total. The molecular formula is C13H10Cl2N6O. The molecule has 0 fully saturated rings. The molecule has 3 N–H and O–H groups in total. The van der Waals surface area contributed by atoms with E-state index in [-0.39, 0.29) is 0 Å². The molecule has 3 aromatic rings. The zero-order valence-corrected chi connectivity index (χ0v) is 12.6. The van der Waals surface area contributed by atoms with Crippen LogP contribution in [-0.4, -0.2) is 21.1 Å². The van der Waals surface area contributed by atoms with Gasteiger partial charge >= 0.3 is 0 Å². The Bertz CT molecular complexity index is 826. The van der Waals surface area contributed by atoms with E-state index in [1.807, 2.05) is 0 Å². The summed E-state index contributed by atoms with van der Waals surface area (Å²) in [7, 11) is 0. The molecule has 2 aromatic heterocycles. The lowest BCUT2D eigenvalue weighted by atomic mass is 10.2. The molecule has 0 aliphatic carbocycles. The number of nitrogens with zero attached hydrogens (tertiary/aromatic N) is 4. The highest BCUT2D eigenvalue weighted by Gasteiger charge is 2.08. The summed E-state index contributed by atoms with van der Waals surface area (Å²) in [6, 6.07) is 8.70. The molecule has 0 amide bonds. The third-order valence-corrected chi connectivity index (χ3v) is 3.31. The molecule has 112 valence electrons. The number of rotatable bonds is 4. The summed E-state index contributed by atoms with van der Waals surface area (Å²) >= 11 is 12.1. The predicted molar refractivity (Wildman–Crippen MR) is 85.6 cm³/mol. The molecular weight excluding hydrogens is 327 g/mol. The van der Waals surface area contributed by atoms with Crippen molar-refractivity contribution in [3.63, 3.8) is 0 Å². The minimum Gasteiger partial charge on any atom is -0.455 e. The minimum atomic E-state index is 0.306.